The number of hydrogen-bond acceptors (Lipinski definition) is 9. The molecule has 9 nitrogen and oxygen atoms in total. The second-order valence-electron chi connectivity index (χ2n) is 12.5. The molecule has 13 unspecified atom stereocenters. The van der Waals surface area contributed by atoms with Gasteiger partial charge in [0.25, 0.3) is 0 Å². The van der Waals surface area contributed by atoms with E-state index >= 15 is 0 Å². The number of cyclic esters (lactones) is 1. The van der Waals surface area contributed by atoms with Crippen LogP contribution < -0.4 is 0 Å². The summed E-state index contributed by atoms with van der Waals surface area (Å²) in [4.78, 5) is 27.3. The molecule has 4 N–H and O–H groups in total. The highest BCUT2D eigenvalue weighted by atomic mass is 16.6. The molecular formula is C26H32O9. The van der Waals surface area contributed by atoms with E-state index in [0.29, 0.717) is 6.42 Å². The quantitative estimate of drug-likeness (QED) is 0.328. The second kappa shape index (κ2) is 6.19. The van der Waals surface area contributed by atoms with E-state index < -0.39 is 75.3 Å². The molecule has 6 aliphatic rings. The number of ketones is 1. The highest BCUT2D eigenvalue weighted by molar-refractivity contribution is 5.92. The summed E-state index contributed by atoms with van der Waals surface area (Å²) < 4.78 is 17.3. The highest BCUT2D eigenvalue weighted by Gasteiger charge is 2.92. The molecule has 2 aliphatic heterocycles. The van der Waals surface area contributed by atoms with Crippen LogP contribution in [-0.2, 0) is 19.1 Å². The summed E-state index contributed by atoms with van der Waals surface area (Å²) in [6.07, 6.45) is -1.29. The zero-order valence-electron chi connectivity index (χ0n) is 20.0. The lowest BCUT2D eigenvalue weighted by molar-refractivity contribution is -0.312. The first-order valence-electron chi connectivity index (χ1n) is 12.6. The maximum absolute atomic E-state index is 14.3. The van der Waals surface area contributed by atoms with E-state index in [1.165, 1.54) is 0 Å². The van der Waals surface area contributed by atoms with Crippen molar-refractivity contribution in [1.29, 1.82) is 0 Å². The van der Waals surface area contributed by atoms with Gasteiger partial charge in [-0.2, -0.15) is 0 Å². The minimum Gasteiger partial charge on any atom is -0.472 e. The number of aliphatic hydroxyl groups excluding tert-OH is 4. The van der Waals surface area contributed by atoms with Crippen molar-refractivity contribution in [2.75, 3.05) is 6.61 Å². The van der Waals surface area contributed by atoms with Crippen LogP contribution in [0.3, 0.4) is 0 Å². The van der Waals surface area contributed by atoms with Crippen LogP contribution in [0, 0.1) is 33.5 Å². The van der Waals surface area contributed by atoms with Gasteiger partial charge in [-0.05, 0) is 37.3 Å². The van der Waals surface area contributed by atoms with E-state index in [0.717, 1.165) is 5.56 Å². The smallest absolute Gasteiger partial charge is 0.314 e. The van der Waals surface area contributed by atoms with Gasteiger partial charge >= 0.3 is 5.97 Å². The molecule has 7 rings (SSSR count). The molecule has 35 heavy (non-hydrogen) atoms. The van der Waals surface area contributed by atoms with Gasteiger partial charge in [-0.3, -0.25) is 9.59 Å². The minimum absolute atomic E-state index is 0.0830. The van der Waals surface area contributed by atoms with E-state index in [9.17, 15) is 30.0 Å². The SMILES string of the molecule is CC12C(=O)OCC3(C(O)CC1O)C2CC(O)C1(C)C3C(=O)C(O)C2(C)C(c3ccoc3)CC3OC321. The van der Waals surface area contributed by atoms with E-state index in [1.54, 1.807) is 19.5 Å². The first-order chi connectivity index (χ1) is 16.4. The Morgan fingerprint density at radius 1 is 0.943 bits per heavy atom. The van der Waals surface area contributed by atoms with Crippen molar-refractivity contribution in [3.63, 3.8) is 0 Å². The molecular weight excluding hydrogens is 456 g/mol. The molecule has 4 aliphatic carbocycles. The average molecular weight is 489 g/mol. The molecule has 6 fully saturated rings. The van der Waals surface area contributed by atoms with E-state index in [4.69, 9.17) is 13.9 Å². The molecule has 0 aromatic carbocycles. The molecule has 1 aromatic rings. The lowest BCUT2D eigenvalue weighted by Crippen LogP contribution is -2.81. The van der Waals surface area contributed by atoms with Crippen molar-refractivity contribution in [3.8, 4) is 0 Å². The normalized spacial score (nSPS) is 60.2. The second-order valence-corrected chi connectivity index (χ2v) is 12.5. The van der Waals surface area contributed by atoms with Crippen LogP contribution in [0.25, 0.3) is 0 Å². The number of aliphatic hydroxyl groups is 4. The fourth-order valence-electron chi connectivity index (χ4n) is 10.2. The number of carbonyl (C=O) groups is 2. The molecule has 0 radical (unpaired) electrons. The molecule has 190 valence electrons. The predicted octanol–water partition coefficient (Wildman–Crippen LogP) is 0.533. The van der Waals surface area contributed by atoms with Gasteiger partial charge in [0.15, 0.2) is 5.78 Å². The van der Waals surface area contributed by atoms with Crippen LogP contribution in [0.5, 0.6) is 0 Å². The number of ether oxygens (including phenoxy) is 2. The third-order valence-corrected chi connectivity index (χ3v) is 11.9. The number of esters is 1. The Bertz CT molecular complexity index is 1130. The Hall–Kier alpha value is -1.78. The number of rotatable bonds is 1. The van der Waals surface area contributed by atoms with Crippen molar-refractivity contribution in [3.05, 3.63) is 24.2 Å². The van der Waals surface area contributed by atoms with Gasteiger partial charge in [0.2, 0.25) is 0 Å². The largest absolute Gasteiger partial charge is 0.472 e. The molecule has 1 aromatic heterocycles. The summed E-state index contributed by atoms with van der Waals surface area (Å²) in [5, 5.41) is 46.0. The van der Waals surface area contributed by atoms with Gasteiger partial charge in [0, 0.05) is 34.5 Å². The first-order valence-corrected chi connectivity index (χ1v) is 12.6. The van der Waals surface area contributed by atoms with Gasteiger partial charge < -0.3 is 34.3 Å². The summed E-state index contributed by atoms with van der Waals surface area (Å²) in [6, 6.07) is 1.84. The summed E-state index contributed by atoms with van der Waals surface area (Å²) >= 11 is 0. The van der Waals surface area contributed by atoms with Crippen LogP contribution in [0.4, 0.5) is 0 Å². The zero-order valence-corrected chi connectivity index (χ0v) is 20.0. The van der Waals surface area contributed by atoms with Crippen LogP contribution >= 0.6 is 0 Å². The van der Waals surface area contributed by atoms with Crippen LogP contribution in [0.2, 0.25) is 0 Å². The predicted molar refractivity (Wildman–Crippen MR) is 117 cm³/mol. The molecule has 2 bridgehead atoms. The number of furan rings is 1. The number of carbonyl (C=O) groups excluding carboxylic acids is 2. The van der Waals surface area contributed by atoms with E-state index in [1.807, 2.05) is 19.9 Å². The Balaban J connectivity index is 1.45. The maximum atomic E-state index is 14.3. The third-order valence-electron chi connectivity index (χ3n) is 11.9. The van der Waals surface area contributed by atoms with E-state index in [-0.39, 0.29) is 31.5 Å². The monoisotopic (exact) mass is 488 g/mol. The molecule has 9 heteroatoms. The van der Waals surface area contributed by atoms with Crippen molar-refractivity contribution in [2.45, 2.75) is 82.1 Å². The Morgan fingerprint density at radius 2 is 1.69 bits per heavy atom. The number of fused-ring (bicyclic) bond motifs is 1. The summed E-state index contributed by atoms with van der Waals surface area (Å²) in [6.45, 7) is 5.11. The fraction of sp³-hybridized carbons (Fsp3) is 0.769. The highest BCUT2D eigenvalue weighted by Crippen LogP contribution is 2.82. The lowest BCUT2D eigenvalue weighted by Gasteiger charge is -2.71. The number of epoxide rings is 1. The van der Waals surface area contributed by atoms with Crippen molar-refractivity contribution < 1.29 is 43.9 Å². The number of Topliss-reactive ketones (excluding diaryl/α,β-unsaturated/α-hetero) is 1. The molecule has 2 saturated heterocycles. The minimum atomic E-state index is -1.42. The summed E-state index contributed by atoms with van der Waals surface area (Å²) in [5.74, 6) is -2.98. The lowest BCUT2D eigenvalue weighted by atomic mass is 9.33. The molecule has 1 spiro atoms. The number of hydrogen-bond donors (Lipinski definition) is 4. The van der Waals surface area contributed by atoms with Crippen molar-refractivity contribution in [1.82, 2.24) is 0 Å². The fourth-order valence-corrected chi connectivity index (χ4v) is 10.2. The third kappa shape index (κ3) is 1.97. The molecule has 4 saturated carbocycles. The van der Waals surface area contributed by atoms with Gasteiger partial charge in [0.1, 0.15) is 18.3 Å². The average Bonchev–Trinajstić information content (AvgIpc) is 3.18. The topological polar surface area (TPSA) is 150 Å². The van der Waals surface area contributed by atoms with Gasteiger partial charge in [-0.15, -0.1) is 0 Å². The zero-order chi connectivity index (χ0) is 24.9. The van der Waals surface area contributed by atoms with Gasteiger partial charge in [0.05, 0.1) is 42.4 Å². The van der Waals surface area contributed by atoms with Crippen LogP contribution in [0.1, 0.15) is 51.5 Å². The Morgan fingerprint density at radius 3 is 2.37 bits per heavy atom. The maximum Gasteiger partial charge on any atom is 0.314 e. The summed E-state index contributed by atoms with van der Waals surface area (Å²) in [7, 11) is 0. The van der Waals surface area contributed by atoms with E-state index in [2.05, 4.69) is 0 Å². The Kier molecular flexibility index (Phi) is 3.97. The Labute approximate surface area is 202 Å². The van der Waals surface area contributed by atoms with Crippen molar-refractivity contribution >= 4 is 11.8 Å². The van der Waals surface area contributed by atoms with Crippen LogP contribution in [-0.4, -0.2) is 74.9 Å². The molecule has 0 amide bonds. The first kappa shape index (κ1) is 22.4. The van der Waals surface area contributed by atoms with Crippen molar-refractivity contribution in [2.24, 2.45) is 33.5 Å². The summed E-state index contributed by atoms with van der Waals surface area (Å²) in [5.41, 5.74) is -4.92. The molecule has 13 atom stereocenters. The van der Waals surface area contributed by atoms with Gasteiger partial charge in [-0.1, -0.05) is 13.8 Å². The van der Waals surface area contributed by atoms with Gasteiger partial charge in [-0.25, -0.2) is 0 Å². The molecule has 3 heterocycles. The standard InChI is InChI=1S/C26H32O9/c1-22-13-7-15(28)24(3)19(25(13,10-34-21(22)32)16(29)8-14(22)27)18(30)20(31)23(2)12(11-4-5-33-9-11)6-17-26(23,24)35-17/h4-5,9,12-17,19-20,27-29,31H,6-8,10H2,1-3H3. The van der Waals surface area contributed by atoms with Crippen LogP contribution in [0.15, 0.2) is 23.0 Å².